The van der Waals surface area contributed by atoms with Crippen molar-refractivity contribution in [2.45, 2.75) is 6.18 Å². The van der Waals surface area contributed by atoms with Gasteiger partial charge in [-0.3, -0.25) is 0 Å². The number of rotatable bonds is 0. The predicted molar refractivity (Wildman–Crippen MR) is 75.5 cm³/mol. The molecular formula is C15H7ClF3NO. The van der Waals surface area contributed by atoms with E-state index in [1.54, 1.807) is 0 Å². The largest absolute Gasteiger partial charge is 0.454 e. The van der Waals surface area contributed by atoms with Crippen molar-refractivity contribution < 1.29 is 17.6 Å². The molecule has 2 nitrogen and oxygen atoms in total. The molecule has 0 saturated carbocycles. The number of furan rings is 1. The Labute approximate surface area is 121 Å². The molecule has 0 saturated heterocycles. The van der Waals surface area contributed by atoms with Gasteiger partial charge in [0.2, 0.25) is 0 Å². The highest BCUT2D eigenvalue weighted by Gasteiger charge is 2.31. The number of hydrogen-bond donors (Lipinski definition) is 0. The lowest BCUT2D eigenvalue weighted by Gasteiger charge is -2.05. The first kappa shape index (κ1) is 12.6. The fraction of sp³-hybridized carbons (Fsp3) is 0.0667. The molecule has 0 aliphatic rings. The molecule has 0 bridgehead atoms. The van der Waals surface area contributed by atoms with Gasteiger partial charge in [-0.1, -0.05) is 12.1 Å². The first-order valence-corrected chi connectivity index (χ1v) is 6.49. The second-order valence-electron chi connectivity index (χ2n) is 4.79. The monoisotopic (exact) mass is 309 g/mol. The molecule has 6 heteroatoms. The number of hydrogen-bond acceptors (Lipinski definition) is 1. The molecule has 0 unspecified atom stereocenters. The van der Waals surface area contributed by atoms with E-state index in [-0.39, 0.29) is 5.58 Å². The number of aromatic nitrogens is 1. The van der Waals surface area contributed by atoms with Crippen LogP contribution in [0.3, 0.4) is 0 Å². The van der Waals surface area contributed by atoms with Gasteiger partial charge in [-0.25, -0.2) is 4.09 Å². The molecule has 0 spiro atoms. The van der Waals surface area contributed by atoms with Gasteiger partial charge in [0.1, 0.15) is 11.1 Å². The van der Waals surface area contributed by atoms with Gasteiger partial charge >= 0.3 is 6.18 Å². The summed E-state index contributed by atoms with van der Waals surface area (Å²) in [5.41, 5.74) is 1.28. The molecule has 0 atom stereocenters. The molecule has 0 fully saturated rings. The highest BCUT2D eigenvalue weighted by molar-refractivity contribution is 6.29. The van der Waals surface area contributed by atoms with Crippen molar-refractivity contribution in [1.29, 1.82) is 0 Å². The maximum atomic E-state index is 12.8. The third-order valence-electron chi connectivity index (χ3n) is 3.55. The van der Waals surface area contributed by atoms with E-state index in [1.807, 2.05) is 24.3 Å². The summed E-state index contributed by atoms with van der Waals surface area (Å²) in [4.78, 5) is 0. The fourth-order valence-electron chi connectivity index (χ4n) is 2.59. The first-order chi connectivity index (χ1) is 9.97. The van der Waals surface area contributed by atoms with Gasteiger partial charge in [0, 0.05) is 22.5 Å². The molecule has 0 aliphatic heterocycles. The topological polar surface area (TPSA) is 18.1 Å². The lowest BCUT2D eigenvalue weighted by Crippen LogP contribution is -2.03. The number of para-hydroxylation sites is 1. The van der Waals surface area contributed by atoms with E-state index in [1.165, 1.54) is 10.2 Å². The van der Waals surface area contributed by atoms with E-state index in [9.17, 15) is 13.2 Å². The highest BCUT2D eigenvalue weighted by Crippen LogP contribution is 2.39. The smallest absolute Gasteiger partial charge is 0.416 e. The van der Waals surface area contributed by atoms with Gasteiger partial charge in [0.05, 0.1) is 11.1 Å². The van der Waals surface area contributed by atoms with Crippen LogP contribution in [0.25, 0.3) is 33.0 Å². The van der Waals surface area contributed by atoms with Crippen LogP contribution in [0.4, 0.5) is 13.2 Å². The van der Waals surface area contributed by atoms with E-state index in [0.717, 1.165) is 23.0 Å². The number of benzene rings is 2. The third-order valence-corrected chi connectivity index (χ3v) is 3.90. The Balaban J connectivity index is 2.15. The Hall–Kier alpha value is -2.14. The van der Waals surface area contributed by atoms with Crippen LogP contribution in [0.2, 0.25) is 0 Å². The minimum Gasteiger partial charge on any atom is -0.454 e. The molecule has 106 valence electrons. The highest BCUT2D eigenvalue weighted by atomic mass is 35.5. The lowest BCUT2D eigenvalue weighted by atomic mass is 10.1. The van der Waals surface area contributed by atoms with Crippen LogP contribution in [0.1, 0.15) is 5.56 Å². The number of nitrogens with zero attached hydrogens (tertiary/aromatic N) is 1. The van der Waals surface area contributed by atoms with Crippen molar-refractivity contribution in [3.05, 3.63) is 48.0 Å². The van der Waals surface area contributed by atoms with Crippen LogP contribution < -0.4 is 0 Å². The van der Waals surface area contributed by atoms with Gasteiger partial charge in [-0.05, 0) is 30.3 Å². The maximum absolute atomic E-state index is 12.8. The average Bonchev–Trinajstić information content (AvgIpc) is 2.95. The number of alkyl halides is 3. The molecule has 21 heavy (non-hydrogen) atoms. The second kappa shape index (κ2) is 3.95. The quantitative estimate of drug-likeness (QED) is 0.416. The van der Waals surface area contributed by atoms with Crippen molar-refractivity contribution in [3.63, 3.8) is 0 Å². The van der Waals surface area contributed by atoms with E-state index in [4.69, 9.17) is 16.2 Å². The molecule has 2 aromatic heterocycles. The molecule has 0 aliphatic carbocycles. The molecule has 0 amide bonds. The maximum Gasteiger partial charge on any atom is 0.416 e. The van der Waals surface area contributed by atoms with Gasteiger partial charge in [-0.2, -0.15) is 13.2 Å². The summed E-state index contributed by atoms with van der Waals surface area (Å²) < 4.78 is 45.3. The van der Waals surface area contributed by atoms with Crippen molar-refractivity contribution in [2.24, 2.45) is 0 Å². The first-order valence-electron chi connectivity index (χ1n) is 6.16. The lowest BCUT2D eigenvalue weighted by molar-refractivity contribution is -0.137. The van der Waals surface area contributed by atoms with E-state index in [0.29, 0.717) is 16.5 Å². The zero-order chi connectivity index (χ0) is 14.8. The van der Waals surface area contributed by atoms with Crippen molar-refractivity contribution in [2.75, 3.05) is 0 Å². The molecule has 2 aromatic carbocycles. The summed E-state index contributed by atoms with van der Waals surface area (Å²) in [6.07, 6.45) is -4.40. The molecule has 0 N–H and O–H groups in total. The molecule has 2 heterocycles. The van der Waals surface area contributed by atoms with E-state index in [2.05, 4.69) is 0 Å². The van der Waals surface area contributed by atoms with Crippen molar-refractivity contribution in [1.82, 2.24) is 4.09 Å². The predicted octanol–water partition coefficient (Wildman–Crippen LogP) is 5.56. The number of halogens is 4. The van der Waals surface area contributed by atoms with E-state index < -0.39 is 11.7 Å². The van der Waals surface area contributed by atoms with E-state index >= 15 is 0 Å². The molecule has 4 rings (SSSR count). The van der Waals surface area contributed by atoms with Crippen LogP contribution >= 0.6 is 11.8 Å². The van der Waals surface area contributed by atoms with Crippen LogP contribution in [-0.2, 0) is 6.18 Å². The zero-order valence-electron chi connectivity index (χ0n) is 10.4. The van der Waals surface area contributed by atoms with Crippen LogP contribution in [0.5, 0.6) is 0 Å². The van der Waals surface area contributed by atoms with Gasteiger partial charge in [0.25, 0.3) is 0 Å². The number of fused-ring (bicyclic) bond motifs is 5. The summed E-state index contributed by atoms with van der Waals surface area (Å²) in [6, 6.07) is 10.7. The zero-order valence-corrected chi connectivity index (χ0v) is 11.2. The normalized spacial score (nSPS) is 12.8. The minimum atomic E-state index is -4.40. The van der Waals surface area contributed by atoms with Crippen molar-refractivity contribution >= 4 is 44.7 Å². The summed E-state index contributed by atoms with van der Waals surface area (Å²) in [5, 5.41) is 1.33. The summed E-state index contributed by atoms with van der Waals surface area (Å²) in [6.45, 7) is 0. The summed E-state index contributed by atoms with van der Waals surface area (Å²) in [5.74, 6) is 0. The Kier molecular flexibility index (Phi) is 2.37. The molecular weight excluding hydrogens is 303 g/mol. The third kappa shape index (κ3) is 1.67. The van der Waals surface area contributed by atoms with Crippen LogP contribution in [0, 0.1) is 0 Å². The summed E-state index contributed by atoms with van der Waals surface area (Å²) in [7, 11) is 0. The standard InChI is InChI=1S/C15H7ClF3NO/c16-20-11-4-2-1-3-9(11)14-13(20)10-6-5-8(15(17,18)19)7-12(10)21-14/h1-7H. The van der Waals surface area contributed by atoms with Crippen LogP contribution in [0.15, 0.2) is 46.9 Å². The van der Waals surface area contributed by atoms with Gasteiger partial charge in [-0.15, -0.1) is 0 Å². The van der Waals surface area contributed by atoms with Gasteiger partial charge in [0.15, 0.2) is 5.58 Å². The fourth-order valence-corrected chi connectivity index (χ4v) is 2.91. The molecule has 0 radical (unpaired) electrons. The average molecular weight is 310 g/mol. The Morgan fingerprint density at radius 2 is 1.76 bits per heavy atom. The Morgan fingerprint density at radius 1 is 1.00 bits per heavy atom. The van der Waals surface area contributed by atoms with Crippen molar-refractivity contribution in [3.8, 4) is 0 Å². The Morgan fingerprint density at radius 3 is 2.52 bits per heavy atom. The summed E-state index contributed by atoms with van der Waals surface area (Å²) >= 11 is 6.27. The van der Waals surface area contributed by atoms with Gasteiger partial charge < -0.3 is 4.42 Å². The second-order valence-corrected chi connectivity index (χ2v) is 5.12. The minimum absolute atomic E-state index is 0.176. The Bertz CT molecular complexity index is 997. The SMILES string of the molecule is FC(F)(F)c1ccc2c(c1)oc1c3ccccc3n(Cl)c21. The molecule has 4 aromatic rings. The van der Waals surface area contributed by atoms with Crippen LogP contribution in [-0.4, -0.2) is 4.09 Å².